The fourth-order valence-electron chi connectivity index (χ4n) is 2.64. The van der Waals surface area contributed by atoms with E-state index in [1.165, 1.54) is 5.56 Å². The fourth-order valence-corrected chi connectivity index (χ4v) is 3.34. The molecule has 5 nitrogen and oxygen atoms in total. The van der Waals surface area contributed by atoms with Crippen molar-refractivity contribution in [2.45, 2.75) is 20.4 Å². The van der Waals surface area contributed by atoms with Crippen LogP contribution in [0.1, 0.15) is 29.9 Å². The van der Waals surface area contributed by atoms with Crippen LogP contribution in [0.25, 0.3) is 10.6 Å². The molecule has 0 saturated heterocycles. The molecule has 0 saturated carbocycles. The van der Waals surface area contributed by atoms with Crippen LogP contribution < -0.4 is 5.32 Å². The molecule has 0 radical (unpaired) electrons. The molecule has 0 aliphatic rings. The number of nitrogens with zero attached hydrogens (tertiary/aromatic N) is 2. The maximum Gasteiger partial charge on any atom is 0.276 e. The molecule has 25 heavy (non-hydrogen) atoms. The summed E-state index contributed by atoms with van der Waals surface area (Å²) >= 11 is 1.61. The van der Waals surface area contributed by atoms with Crippen molar-refractivity contribution in [3.63, 3.8) is 0 Å². The first-order valence-electron chi connectivity index (χ1n) is 8.41. The molecule has 3 rings (SSSR count). The minimum absolute atomic E-state index is 0.209. The Morgan fingerprint density at radius 2 is 2.04 bits per heavy atom. The Bertz CT molecular complexity index is 822. The first-order valence-corrected chi connectivity index (χ1v) is 9.29. The van der Waals surface area contributed by atoms with Crippen molar-refractivity contribution in [3.05, 3.63) is 59.1 Å². The highest BCUT2D eigenvalue weighted by molar-refractivity contribution is 7.13. The highest BCUT2D eigenvalue weighted by Gasteiger charge is 2.12. The van der Waals surface area contributed by atoms with Crippen LogP contribution in [-0.4, -0.2) is 34.1 Å². The summed E-state index contributed by atoms with van der Waals surface area (Å²) < 4.78 is 0. The number of hydrogen-bond acceptors (Lipinski definition) is 4. The first kappa shape index (κ1) is 17.4. The quantitative estimate of drug-likeness (QED) is 0.667. The van der Waals surface area contributed by atoms with E-state index in [0.717, 1.165) is 35.9 Å². The van der Waals surface area contributed by atoms with Gasteiger partial charge in [0.05, 0.1) is 10.6 Å². The molecule has 2 heterocycles. The zero-order chi connectivity index (χ0) is 17.6. The van der Waals surface area contributed by atoms with E-state index in [1.54, 1.807) is 17.4 Å². The maximum atomic E-state index is 12.4. The van der Waals surface area contributed by atoms with Crippen LogP contribution in [0.15, 0.2) is 47.8 Å². The molecule has 3 aromatic rings. The average Bonchev–Trinajstić information content (AvgIpc) is 3.31. The molecule has 130 valence electrons. The molecule has 6 heteroatoms. The lowest BCUT2D eigenvalue weighted by molar-refractivity contribution is 0.102. The number of aromatic amines is 1. The van der Waals surface area contributed by atoms with Crippen molar-refractivity contribution < 1.29 is 4.79 Å². The largest absolute Gasteiger partial charge is 0.321 e. The van der Waals surface area contributed by atoms with Crippen molar-refractivity contribution in [2.75, 3.05) is 18.4 Å². The second-order valence-corrected chi connectivity index (χ2v) is 6.71. The average molecular weight is 354 g/mol. The lowest BCUT2D eigenvalue weighted by atomic mass is 10.2. The Morgan fingerprint density at radius 1 is 1.20 bits per heavy atom. The van der Waals surface area contributed by atoms with Crippen LogP contribution in [0.4, 0.5) is 5.69 Å². The third kappa shape index (κ3) is 4.35. The molecular weight excluding hydrogens is 332 g/mol. The summed E-state index contributed by atoms with van der Waals surface area (Å²) in [6.07, 6.45) is 0. The second kappa shape index (κ2) is 8.09. The van der Waals surface area contributed by atoms with E-state index in [9.17, 15) is 4.79 Å². The van der Waals surface area contributed by atoms with Gasteiger partial charge < -0.3 is 5.32 Å². The molecule has 1 aromatic carbocycles. The standard InChI is InChI=1S/C19H22N4OS/c1-3-23(4-2)13-14-7-5-8-15(11-14)20-19(24)17-12-16(21-22-17)18-9-6-10-25-18/h5-12H,3-4,13H2,1-2H3,(H,20,24)(H,21,22). The minimum atomic E-state index is -0.209. The lowest BCUT2D eigenvalue weighted by Gasteiger charge is -2.18. The summed E-state index contributed by atoms with van der Waals surface area (Å²) in [6, 6.07) is 13.7. The van der Waals surface area contributed by atoms with Gasteiger partial charge in [-0.2, -0.15) is 5.10 Å². The van der Waals surface area contributed by atoms with Crippen molar-refractivity contribution in [1.29, 1.82) is 0 Å². The zero-order valence-corrected chi connectivity index (χ0v) is 15.3. The Morgan fingerprint density at radius 3 is 2.76 bits per heavy atom. The fraction of sp³-hybridized carbons (Fsp3) is 0.263. The SMILES string of the molecule is CCN(CC)Cc1cccc(NC(=O)c2cc(-c3cccs3)[nH]n2)c1. The molecule has 0 atom stereocenters. The number of H-pyrrole nitrogens is 1. The molecule has 1 amide bonds. The highest BCUT2D eigenvalue weighted by Crippen LogP contribution is 2.23. The number of carbonyl (C=O) groups is 1. The third-order valence-corrected chi connectivity index (χ3v) is 4.99. The summed E-state index contributed by atoms with van der Waals surface area (Å²) in [5, 5.41) is 12.0. The van der Waals surface area contributed by atoms with E-state index in [0.29, 0.717) is 5.69 Å². The van der Waals surface area contributed by atoms with E-state index in [1.807, 2.05) is 35.7 Å². The van der Waals surface area contributed by atoms with Gasteiger partial charge in [0.15, 0.2) is 5.69 Å². The topological polar surface area (TPSA) is 61.0 Å². The summed E-state index contributed by atoms with van der Waals surface area (Å²) in [6.45, 7) is 7.19. The number of anilines is 1. The normalized spacial score (nSPS) is 11.0. The first-order chi connectivity index (χ1) is 12.2. The molecule has 0 bridgehead atoms. The Hall–Kier alpha value is -2.44. The lowest BCUT2D eigenvalue weighted by Crippen LogP contribution is -2.22. The summed E-state index contributed by atoms with van der Waals surface area (Å²) in [5.41, 5.74) is 3.21. The number of amides is 1. The molecular formula is C19H22N4OS. The highest BCUT2D eigenvalue weighted by atomic mass is 32.1. The molecule has 2 N–H and O–H groups in total. The van der Waals surface area contributed by atoms with Crippen LogP contribution in [0, 0.1) is 0 Å². The van der Waals surface area contributed by atoms with E-state index >= 15 is 0 Å². The van der Waals surface area contributed by atoms with Gasteiger partial charge in [0, 0.05) is 12.2 Å². The van der Waals surface area contributed by atoms with E-state index < -0.39 is 0 Å². The Kier molecular flexibility index (Phi) is 5.63. The van der Waals surface area contributed by atoms with Gasteiger partial charge in [-0.15, -0.1) is 11.3 Å². The van der Waals surface area contributed by atoms with E-state index in [-0.39, 0.29) is 5.91 Å². The van der Waals surface area contributed by atoms with Crippen LogP contribution in [-0.2, 0) is 6.54 Å². The molecule has 0 aliphatic heterocycles. The number of thiophene rings is 1. The molecule has 2 aromatic heterocycles. The molecule has 0 unspecified atom stereocenters. The minimum Gasteiger partial charge on any atom is -0.321 e. The number of rotatable bonds is 7. The number of carbonyl (C=O) groups excluding carboxylic acids is 1. The zero-order valence-electron chi connectivity index (χ0n) is 14.5. The van der Waals surface area contributed by atoms with Crippen LogP contribution in [0.2, 0.25) is 0 Å². The van der Waals surface area contributed by atoms with E-state index in [2.05, 4.69) is 40.3 Å². The number of benzene rings is 1. The predicted molar refractivity (Wildman–Crippen MR) is 103 cm³/mol. The molecule has 0 fully saturated rings. The van der Waals surface area contributed by atoms with E-state index in [4.69, 9.17) is 0 Å². The number of hydrogen-bond donors (Lipinski definition) is 2. The summed E-state index contributed by atoms with van der Waals surface area (Å²) in [7, 11) is 0. The van der Waals surface area contributed by atoms with Gasteiger partial charge in [-0.3, -0.25) is 14.8 Å². The van der Waals surface area contributed by atoms with Crippen LogP contribution in [0.3, 0.4) is 0 Å². The smallest absolute Gasteiger partial charge is 0.276 e. The van der Waals surface area contributed by atoms with Gasteiger partial charge in [-0.1, -0.05) is 32.0 Å². The number of aromatic nitrogens is 2. The number of nitrogens with one attached hydrogen (secondary N) is 2. The van der Waals surface area contributed by atoms with Gasteiger partial charge in [0.25, 0.3) is 5.91 Å². The monoisotopic (exact) mass is 354 g/mol. The van der Waals surface area contributed by atoms with Crippen molar-refractivity contribution in [2.24, 2.45) is 0 Å². The van der Waals surface area contributed by atoms with Gasteiger partial charge >= 0.3 is 0 Å². The van der Waals surface area contributed by atoms with Crippen LogP contribution in [0.5, 0.6) is 0 Å². The van der Waals surface area contributed by atoms with Gasteiger partial charge in [-0.25, -0.2) is 0 Å². The van der Waals surface area contributed by atoms with Crippen molar-refractivity contribution >= 4 is 22.9 Å². The van der Waals surface area contributed by atoms with Gasteiger partial charge in [0.2, 0.25) is 0 Å². The second-order valence-electron chi connectivity index (χ2n) is 5.76. The summed E-state index contributed by atoms with van der Waals surface area (Å²) in [4.78, 5) is 15.8. The van der Waals surface area contributed by atoms with Crippen molar-refractivity contribution in [1.82, 2.24) is 15.1 Å². The predicted octanol–water partition coefficient (Wildman–Crippen LogP) is 4.23. The molecule has 0 aliphatic carbocycles. The third-order valence-electron chi connectivity index (χ3n) is 4.08. The van der Waals surface area contributed by atoms with Crippen molar-refractivity contribution in [3.8, 4) is 10.6 Å². The van der Waals surface area contributed by atoms with Crippen LogP contribution >= 0.6 is 11.3 Å². The maximum absolute atomic E-state index is 12.4. The Labute approximate surface area is 151 Å². The Balaban J connectivity index is 1.69. The summed E-state index contributed by atoms with van der Waals surface area (Å²) in [5.74, 6) is -0.209. The van der Waals surface area contributed by atoms with Gasteiger partial charge in [-0.05, 0) is 48.3 Å². The van der Waals surface area contributed by atoms with Gasteiger partial charge in [0.1, 0.15) is 0 Å². The molecule has 0 spiro atoms.